The maximum Gasteiger partial charge on any atom is 0.191 e. The molecule has 1 aliphatic heterocycles. The zero-order valence-corrected chi connectivity index (χ0v) is 16.3. The molecule has 1 unspecified atom stereocenters. The molecule has 1 fully saturated rings. The third-order valence-electron chi connectivity index (χ3n) is 4.66. The lowest BCUT2D eigenvalue weighted by Gasteiger charge is -2.20. The minimum atomic E-state index is 0.228. The van der Waals surface area contributed by atoms with E-state index in [-0.39, 0.29) is 11.8 Å². The first kappa shape index (κ1) is 19.2. The minimum Gasteiger partial charge on any atom is -0.508 e. The molecule has 0 aromatic heterocycles. The molecular formula is C20H25ClN4O2. The molecule has 0 bridgehead atoms. The van der Waals surface area contributed by atoms with Gasteiger partial charge in [-0.25, -0.2) is 0 Å². The van der Waals surface area contributed by atoms with Gasteiger partial charge in [0.15, 0.2) is 5.96 Å². The summed E-state index contributed by atoms with van der Waals surface area (Å²) < 4.78 is 5.21. The summed E-state index contributed by atoms with van der Waals surface area (Å²) in [6.07, 6.45) is 1.01. The summed E-state index contributed by atoms with van der Waals surface area (Å²) >= 11 is 6.10. The zero-order chi connectivity index (χ0) is 19.2. The summed E-state index contributed by atoms with van der Waals surface area (Å²) in [5.41, 5.74) is 1.89. The molecule has 6 nitrogen and oxygen atoms in total. The summed E-state index contributed by atoms with van der Waals surface area (Å²) in [6.45, 7) is 2.30. The molecule has 1 aliphatic rings. The number of nitrogens with zero attached hydrogens (tertiary/aromatic N) is 2. The molecule has 3 rings (SSSR count). The highest BCUT2D eigenvalue weighted by Crippen LogP contribution is 2.24. The third kappa shape index (κ3) is 4.98. The normalized spacial score (nSPS) is 17.1. The third-order valence-corrected chi connectivity index (χ3v) is 4.89. The van der Waals surface area contributed by atoms with Gasteiger partial charge in [-0.3, -0.25) is 4.99 Å². The van der Waals surface area contributed by atoms with Crippen LogP contribution >= 0.6 is 11.6 Å². The van der Waals surface area contributed by atoms with Crippen LogP contribution < -0.4 is 20.3 Å². The molecule has 1 atom stereocenters. The van der Waals surface area contributed by atoms with Crippen LogP contribution in [0.2, 0.25) is 5.02 Å². The molecule has 144 valence electrons. The Morgan fingerprint density at radius 3 is 2.93 bits per heavy atom. The Labute approximate surface area is 164 Å². The average molecular weight is 389 g/mol. The fraction of sp³-hybridized carbons (Fsp3) is 0.350. The predicted molar refractivity (Wildman–Crippen MR) is 110 cm³/mol. The fourth-order valence-corrected chi connectivity index (χ4v) is 3.37. The number of ether oxygens (including phenoxy) is 1. The second-order valence-electron chi connectivity index (χ2n) is 6.48. The summed E-state index contributed by atoms with van der Waals surface area (Å²) in [6, 6.07) is 13.4. The monoisotopic (exact) mass is 388 g/mol. The molecule has 0 radical (unpaired) electrons. The molecule has 0 amide bonds. The highest BCUT2D eigenvalue weighted by molar-refractivity contribution is 6.30. The van der Waals surface area contributed by atoms with Gasteiger partial charge in [-0.05, 0) is 42.8 Å². The lowest BCUT2D eigenvalue weighted by Crippen LogP contribution is -2.44. The van der Waals surface area contributed by atoms with E-state index in [1.54, 1.807) is 26.3 Å². The number of rotatable bonds is 5. The number of methoxy groups -OCH3 is 1. The van der Waals surface area contributed by atoms with Crippen molar-refractivity contribution >= 4 is 23.2 Å². The van der Waals surface area contributed by atoms with E-state index in [1.807, 2.05) is 24.3 Å². The first-order chi connectivity index (χ1) is 13.1. The number of hydrogen-bond donors (Lipinski definition) is 3. The summed E-state index contributed by atoms with van der Waals surface area (Å²) in [4.78, 5) is 6.60. The van der Waals surface area contributed by atoms with Crippen LogP contribution in [0.25, 0.3) is 0 Å². The van der Waals surface area contributed by atoms with E-state index in [1.165, 1.54) is 0 Å². The smallest absolute Gasteiger partial charge is 0.191 e. The largest absolute Gasteiger partial charge is 0.508 e. The summed E-state index contributed by atoms with van der Waals surface area (Å²) in [5, 5.41) is 17.5. The molecule has 3 N–H and O–H groups in total. The number of phenolic OH excluding ortho intramolecular Hbond substituents is 1. The van der Waals surface area contributed by atoms with E-state index in [9.17, 15) is 5.11 Å². The maximum absolute atomic E-state index is 10.0. The van der Waals surface area contributed by atoms with Crippen LogP contribution in [0.3, 0.4) is 0 Å². The van der Waals surface area contributed by atoms with Gasteiger partial charge >= 0.3 is 0 Å². The van der Waals surface area contributed by atoms with Crippen LogP contribution in [0, 0.1) is 0 Å². The van der Waals surface area contributed by atoms with Gasteiger partial charge in [-0.15, -0.1) is 0 Å². The number of phenols is 1. The number of anilines is 1. The van der Waals surface area contributed by atoms with Crippen molar-refractivity contribution in [2.45, 2.75) is 19.0 Å². The highest BCUT2D eigenvalue weighted by atomic mass is 35.5. The number of aliphatic imine (C=N–C) groups is 1. The number of guanidine groups is 1. The zero-order valence-electron chi connectivity index (χ0n) is 15.6. The summed E-state index contributed by atoms with van der Waals surface area (Å²) in [5.74, 6) is 1.64. The molecule has 0 aliphatic carbocycles. The van der Waals surface area contributed by atoms with Crippen LogP contribution in [0.4, 0.5) is 5.69 Å². The fourth-order valence-electron chi connectivity index (χ4n) is 3.18. The van der Waals surface area contributed by atoms with Crippen molar-refractivity contribution in [2.24, 2.45) is 4.99 Å². The van der Waals surface area contributed by atoms with Gasteiger partial charge in [0.1, 0.15) is 11.5 Å². The SMILES string of the molecule is CN=C(NCc1cc(OC)ccc1O)NC1CCN(c2cccc(Cl)c2)C1. The molecule has 27 heavy (non-hydrogen) atoms. The molecule has 0 spiro atoms. The second kappa shape index (κ2) is 8.86. The molecule has 1 saturated heterocycles. The Kier molecular flexibility index (Phi) is 6.29. The van der Waals surface area contributed by atoms with Crippen LogP contribution in [0.5, 0.6) is 11.5 Å². The molecule has 2 aromatic rings. The van der Waals surface area contributed by atoms with E-state index >= 15 is 0 Å². The highest BCUT2D eigenvalue weighted by Gasteiger charge is 2.23. The Hall–Kier alpha value is -2.60. The van der Waals surface area contributed by atoms with Crippen LogP contribution in [-0.4, -0.2) is 44.4 Å². The Morgan fingerprint density at radius 1 is 1.33 bits per heavy atom. The van der Waals surface area contributed by atoms with Crippen LogP contribution in [0.15, 0.2) is 47.5 Å². The molecule has 7 heteroatoms. The Morgan fingerprint density at radius 2 is 2.19 bits per heavy atom. The topological polar surface area (TPSA) is 69.1 Å². The predicted octanol–water partition coefficient (Wildman–Crippen LogP) is 3.00. The minimum absolute atomic E-state index is 0.228. The first-order valence-corrected chi connectivity index (χ1v) is 9.30. The van der Waals surface area contributed by atoms with E-state index in [0.29, 0.717) is 18.3 Å². The van der Waals surface area contributed by atoms with Crippen molar-refractivity contribution in [3.63, 3.8) is 0 Å². The van der Waals surface area contributed by atoms with E-state index in [4.69, 9.17) is 16.3 Å². The first-order valence-electron chi connectivity index (χ1n) is 8.92. The number of halogens is 1. The van der Waals surface area contributed by atoms with Crippen molar-refractivity contribution in [3.8, 4) is 11.5 Å². The number of benzene rings is 2. The van der Waals surface area contributed by atoms with Gasteiger partial charge in [0.25, 0.3) is 0 Å². The van der Waals surface area contributed by atoms with Gasteiger partial charge in [0.05, 0.1) is 7.11 Å². The number of aromatic hydroxyl groups is 1. The van der Waals surface area contributed by atoms with Gasteiger partial charge in [-0.1, -0.05) is 17.7 Å². The lowest BCUT2D eigenvalue weighted by molar-refractivity contribution is 0.410. The van der Waals surface area contributed by atoms with Gasteiger partial charge in [0.2, 0.25) is 0 Å². The average Bonchev–Trinajstić information content (AvgIpc) is 3.15. The van der Waals surface area contributed by atoms with Crippen molar-refractivity contribution in [1.29, 1.82) is 0 Å². The molecular weight excluding hydrogens is 364 g/mol. The van der Waals surface area contributed by atoms with E-state index in [2.05, 4.69) is 26.6 Å². The second-order valence-corrected chi connectivity index (χ2v) is 6.91. The number of nitrogens with one attached hydrogen (secondary N) is 2. The lowest BCUT2D eigenvalue weighted by atomic mass is 10.2. The Bertz CT molecular complexity index is 812. The van der Waals surface area contributed by atoms with Gasteiger partial charge in [0, 0.05) is 49.0 Å². The maximum atomic E-state index is 10.0. The molecule has 0 saturated carbocycles. The van der Waals surface area contributed by atoms with E-state index in [0.717, 1.165) is 35.8 Å². The quantitative estimate of drug-likeness (QED) is 0.542. The van der Waals surface area contributed by atoms with E-state index < -0.39 is 0 Å². The van der Waals surface area contributed by atoms with Gasteiger partial charge < -0.3 is 25.4 Å². The van der Waals surface area contributed by atoms with Crippen molar-refractivity contribution in [2.75, 3.05) is 32.1 Å². The van der Waals surface area contributed by atoms with Crippen molar-refractivity contribution < 1.29 is 9.84 Å². The van der Waals surface area contributed by atoms with Gasteiger partial charge in [-0.2, -0.15) is 0 Å². The number of hydrogen-bond acceptors (Lipinski definition) is 4. The van der Waals surface area contributed by atoms with Crippen LogP contribution in [0.1, 0.15) is 12.0 Å². The Balaban J connectivity index is 1.55. The van der Waals surface area contributed by atoms with Crippen molar-refractivity contribution in [3.05, 3.63) is 53.1 Å². The summed E-state index contributed by atoms with van der Waals surface area (Å²) in [7, 11) is 3.35. The molecule has 2 aromatic carbocycles. The standard InChI is InChI=1S/C20H25ClN4O2/c1-22-20(23-12-14-10-18(27-2)6-7-19(14)26)24-16-8-9-25(13-16)17-5-3-4-15(21)11-17/h3-7,10-11,16,26H,8-9,12-13H2,1-2H3,(H2,22,23,24). The van der Waals surface area contributed by atoms with Crippen LogP contribution in [-0.2, 0) is 6.54 Å². The molecule has 1 heterocycles. The van der Waals surface area contributed by atoms with Crippen molar-refractivity contribution in [1.82, 2.24) is 10.6 Å².